The average molecular weight is 593 g/mol. The second kappa shape index (κ2) is 10.5. The fourth-order valence-corrected chi connectivity index (χ4v) is 7.93. The highest BCUT2D eigenvalue weighted by atomic mass is 32.1. The number of aromatic nitrogens is 1. The zero-order valence-electron chi connectivity index (χ0n) is 24.5. The summed E-state index contributed by atoms with van der Waals surface area (Å²) in [5.74, 6) is 0. The van der Waals surface area contributed by atoms with Crippen LogP contribution < -0.4 is 4.90 Å². The van der Waals surface area contributed by atoms with Gasteiger partial charge in [-0.3, -0.25) is 0 Å². The molecule has 0 N–H and O–H groups in total. The molecule has 0 aliphatic carbocycles. The van der Waals surface area contributed by atoms with E-state index in [-0.39, 0.29) is 0 Å². The van der Waals surface area contributed by atoms with Crippen molar-refractivity contribution in [1.29, 1.82) is 0 Å². The van der Waals surface area contributed by atoms with Gasteiger partial charge in [-0.05, 0) is 66.2 Å². The monoisotopic (exact) mass is 592 g/mol. The van der Waals surface area contributed by atoms with Crippen LogP contribution in [0.1, 0.15) is 0 Å². The quantitative estimate of drug-likeness (QED) is 0.193. The van der Waals surface area contributed by atoms with Crippen molar-refractivity contribution in [3.8, 4) is 16.8 Å². The number of fused-ring (bicyclic) bond motifs is 6. The van der Waals surface area contributed by atoms with Crippen molar-refractivity contribution in [3.05, 3.63) is 170 Å². The summed E-state index contributed by atoms with van der Waals surface area (Å²) in [4.78, 5) is 2.38. The fourth-order valence-electron chi connectivity index (χ4n) is 6.79. The van der Waals surface area contributed by atoms with Crippen molar-refractivity contribution in [2.45, 2.75) is 0 Å². The summed E-state index contributed by atoms with van der Waals surface area (Å²) < 4.78 is 5.03. The van der Waals surface area contributed by atoms with E-state index in [1.807, 2.05) is 11.3 Å². The molecule has 0 fully saturated rings. The van der Waals surface area contributed by atoms with E-state index in [0.29, 0.717) is 0 Å². The Hall–Kier alpha value is -5.64. The number of hydrogen-bond acceptors (Lipinski definition) is 2. The van der Waals surface area contributed by atoms with E-state index in [0.717, 1.165) is 22.7 Å². The Morgan fingerprint density at radius 2 is 1.07 bits per heavy atom. The van der Waals surface area contributed by atoms with Crippen molar-refractivity contribution in [2.24, 2.45) is 0 Å². The number of hydrogen-bond donors (Lipinski definition) is 0. The maximum Gasteiger partial charge on any atom is 0.0619 e. The number of anilines is 3. The van der Waals surface area contributed by atoms with Crippen LogP contribution in [0.15, 0.2) is 170 Å². The first kappa shape index (κ1) is 25.8. The normalized spacial score (nSPS) is 11.6. The van der Waals surface area contributed by atoms with E-state index < -0.39 is 0 Å². The fraction of sp³-hybridized carbons (Fsp3) is 0. The molecule has 9 rings (SSSR count). The van der Waals surface area contributed by atoms with Crippen LogP contribution >= 0.6 is 11.3 Å². The Morgan fingerprint density at radius 1 is 0.422 bits per heavy atom. The molecule has 0 saturated heterocycles. The molecule has 2 nitrogen and oxygen atoms in total. The molecule has 0 radical (unpaired) electrons. The van der Waals surface area contributed by atoms with Gasteiger partial charge in [-0.15, -0.1) is 11.3 Å². The molecule has 7 aromatic carbocycles. The summed E-state index contributed by atoms with van der Waals surface area (Å²) >= 11 is 1.86. The third-order valence-electron chi connectivity index (χ3n) is 8.76. The second-order valence-corrected chi connectivity index (χ2v) is 12.5. The van der Waals surface area contributed by atoms with Crippen molar-refractivity contribution >= 4 is 70.4 Å². The number of para-hydroxylation sites is 4. The van der Waals surface area contributed by atoms with Gasteiger partial charge in [-0.1, -0.05) is 109 Å². The molecule has 0 bridgehead atoms. The van der Waals surface area contributed by atoms with Crippen molar-refractivity contribution in [1.82, 2.24) is 4.57 Å². The van der Waals surface area contributed by atoms with Crippen LogP contribution in [0.4, 0.5) is 17.1 Å². The highest BCUT2D eigenvalue weighted by Crippen LogP contribution is 2.43. The van der Waals surface area contributed by atoms with Crippen LogP contribution in [0.25, 0.3) is 58.8 Å². The Balaban J connectivity index is 1.26. The number of nitrogens with zero attached hydrogens (tertiary/aromatic N) is 2. The molecule has 45 heavy (non-hydrogen) atoms. The maximum atomic E-state index is 2.41. The number of thiophene rings is 1. The minimum absolute atomic E-state index is 1.12. The van der Waals surface area contributed by atoms with Crippen LogP contribution in [0, 0.1) is 0 Å². The van der Waals surface area contributed by atoms with E-state index >= 15 is 0 Å². The van der Waals surface area contributed by atoms with Crippen LogP contribution in [0.2, 0.25) is 0 Å². The third kappa shape index (κ3) is 4.24. The predicted octanol–water partition coefficient (Wildman–Crippen LogP) is 12.3. The summed E-state index contributed by atoms with van der Waals surface area (Å²) in [5.41, 5.74) is 9.39. The molecule has 2 aromatic heterocycles. The molecule has 2 heterocycles. The van der Waals surface area contributed by atoms with Crippen molar-refractivity contribution in [3.63, 3.8) is 0 Å². The molecular formula is C42H28N2S. The molecule has 0 unspecified atom stereocenters. The Morgan fingerprint density at radius 3 is 1.93 bits per heavy atom. The molecule has 9 aromatic rings. The standard InChI is InChI=1S/C42H28N2S/c1-3-14-30(15-4-1)43(33-25-26-37-36-20-8-10-24-40(36)45-41(37)28-33)32-18-11-13-29(27-32)34-21-12-22-38-35-19-7-9-23-39(35)44(42(34)38)31-16-5-2-6-17-31/h1-28H. The first-order valence-electron chi connectivity index (χ1n) is 15.3. The summed E-state index contributed by atoms with van der Waals surface area (Å²) in [6.07, 6.45) is 0. The lowest BCUT2D eigenvalue weighted by molar-refractivity contribution is 1.18. The Labute approximate surface area is 265 Å². The van der Waals surface area contributed by atoms with E-state index in [2.05, 4.69) is 179 Å². The largest absolute Gasteiger partial charge is 0.310 e. The first-order valence-corrected chi connectivity index (χ1v) is 16.1. The van der Waals surface area contributed by atoms with Gasteiger partial charge in [0, 0.05) is 59.3 Å². The first-order chi connectivity index (χ1) is 22.3. The zero-order valence-corrected chi connectivity index (χ0v) is 25.3. The minimum Gasteiger partial charge on any atom is -0.310 e. The summed E-state index contributed by atoms with van der Waals surface area (Å²) in [7, 11) is 0. The molecule has 0 spiro atoms. The third-order valence-corrected chi connectivity index (χ3v) is 9.89. The van der Waals surface area contributed by atoms with Gasteiger partial charge in [0.25, 0.3) is 0 Å². The van der Waals surface area contributed by atoms with Gasteiger partial charge in [-0.25, -0.2) is 0 Å². The highest BCUT2D eigenvalue weighted by molar-refractivity contribution is 7.25. The van der Waals surface area contributed by atoms with Crippen molar-refractivity contribution < 1.29 is 0 Å². The van der Waals surface area contributed by atoms with Gasteiger partial charge in [0.2, 0.25) is 0 Å². The van der Waals surface area contributed by atoms with Crippen LogP contribution in [-0.4, -0.2) is 4.57 Å². The summed E-state index contributed by atoms with van der Waals surface area (Å²) in [6, 6.07) is 61.4. The van der Waals surface area contributed by atoms with Gasteiger partial charge in [-0.2, -0.15) is 0 Å². The SMILES string of the molecule is c1ccc(N(c2cccc(-c3cccc4c5ccccc5n(-c5ccccc5)c34)c2)c2ccc3c(c2)sc2ccccc23)cc1. The van der Waals surface area contributed by atoms with Gasteiger partial charge in [0.05, 0.1) is 11.0 Å². The smallest absolute Gasteiger partial charge is 0.0619 e. The van der Waals surface area contributed by atoms with E-state index in [1.165, 1.54) is 53.1 Å². The molecule has 0 aliphatic heterocycles. The topological polar surface area (TPSA) is 8.17 Å². The van der Waals surface area contributed by atoms with E-state index in [4.69, 9.17) is 0 Å². The maximum absolute atomic E-state index is 2.41. The molecule has 0 saturated carbocycles. The van der Waals surface area contributed by atoms with Gasteiger partial charge < -0.3 is 9.47 Å². The Bertz CT molecular complexity index is 2490. The van der Waals surface area contributed by atoms with Gasteiger partial charge in [0.1, 0.15) is 0 Å². The molecule has 0 aliphatic rings. The lowest BCUT2D eigenvalue weighted by Crippen LogP contribution is -2.09. The zero-order chi connectivity index (χ0) is 29.7. The molecular weight excluding hydrogens is 565 g/mol. The molecule has 3 heteroatoms. The summed E-state index contributed by atoms with van der Waals surface area (Å²) in [5, 5.41) is 5.14. The predicted molar refractivity (Wildman–Crippen MR) is 194 cm³/mol. The highest BCUT2D eigenvalue weighted by Gasteiger charge is 2.19. The minimum atomic E-state index is 1.12. The second-order valence-electron chi connectivity index (χ2n) is 11.4. The lowest BCUT2D eigenvalue weighted by atomic mass is 10.0. The number of benzene rings is 7. The lowest BCUT2D eigenvalue weighted by Gasteiger charge is -2.26. The van der Waals surface area contributed by atoms with Crippen molar-refractivity contribution in [2.75, 3.05) is 4.90 Å². The summed E-state index contributed by atoms with van der Waals surface area (Å²) in [6.45, 7) is 0. The number of rotatable bonds is 5. The molecule has 0 atom stereocenters. The van der Waals surface area contributed by atoms with E-state index in [1.54, 1.807) is 0 Å². The van der Waals surface area contributed by atoms with Gasteiger partial charge in [0.15, 0.2) is 0 Å². The van der Waals surface area contributed by atoms with Crippen LogP contribution in [0.3, 0.4) is 0 Å². The Kier molecular flexibility index (Phi) is 6.03. The molecule has 212 valence electrons. The van der Waals surface area contributed by atoms with Crippen LogP contribution in [0.5, 0.6) is 0 Å². The van der Waals surface area contributed by atoms with Gasteiger partial charge >= 0.3 is 0 Å². The average Bonchev–Trinajstić information content (AvgIpc) is 3.65. The molecule has 0 amide bonds. The van der Waals surface area contributed by atoms with E-state index in [9.17, 15) is 0 Å². The van der Waals surface area contributed by atoms with Crippen LogP contribution in [-0.2, 0) is 0 Å².